The van der Waals surface area contributed by atoms with Crippen LogP contribution in [0, 0.1) is 23.2 Å². The fraction of sp³-hybridized carbons (Fsp3) is 0.778. The fourth-order valence-electron chi connectivity index (χ4n) is 5.51. The lowest BCUT2D eigenvalue weighted by Gasteiger charge is -2.45. The molecule has 3 fully saturated rings. The Bertz CT molecular complexity index is 657. The van der Waals surface area contributed by atoms with E-state index in [9.17, 15) is 5.26 Å². The van der Waals surface area contributed by atoms with Gasteiger partial charge >= 0.3 is 0 Å². The second-order valence-electron chi connectivity index (χ2n) is 8.08. The Morgan fingerprint density at radius 1 is 1.38 bits per heavy atom. The second kappa shape index (κ2) is 4.81. The fourth-order valence-corrected chi connectivity index (χ4v) is 5.51. The molecule has 3 aliphatic heterocycles. The van der Waals surface area contributed by atoms with Crippen molar-refractivity contribution in [3.8, 4) is 6.07 Å². The molecule has 0 bridgehead atoms. The highest BCUT2D eigenvalue weighted by molar-refractivity contribution is 5.90. The molecule has 6 heteroatoms. The standard InChI is InChI=1S/C18H26N6/c1-20-12-17-14(11-19)16(17)24-15(21-17)5-3-4-13-10-18(13,24)23-8-6-22(2)7-9-23/h3-4,13-14,16,20H,5-10,12H2,1-2H3. The number of nitrogens with one attached hydrogen (secondary N) is 1. The number of piperazine rings is 1. The van der Waals surface area contributed by atoms with Gasteiger partial charge in [0.15, 0.2) is 0 Å². The lowest BCUT2D eigenvalue weighted by atomic mass is 10.2. The molecule has 5 unspecified atom stereocenters. The molecule has 0 aromatic heterocycles. The minimum Gasteiger partial charge on any atom is -0.334 e. The number of hydrogen-bond acceptors (Lipinski definition) is 6. The molecule has 0 spiro atoms. The molecule has 1 saturated heterocycles. The smallest absolute Gasteiger partial charge is 0.115 e. The van der Waals surface area contributed by atoms with E-state index in [1.54, 1.807) is 0 Å². The molecule has 5 aliphatic rings. The van der Waals surface area contributed by atoms with E-state index in [0.29, 0.717) is 5.92 Å². The van der Waals surface area contributed by atoms with Crippen molar-refractivity contribution in [2.24, 2.45) is 16.8 Å². The molecule has 0 aromatic rings. The molecule has 0 amide bonds. The van der Waals surface area contributed by atoms with Gasteiger partial charge in [-0.05, 0) is 20.5 Å². The van der Waals surface area contributed by atoms with E-state index in [-0.39, 0.29) is 23.2 Å². The zero-order valence-electron chi connectivity index (χ0n) is 14.6. The third-order valence-electron chi connectivity index (χ3n) is 6.84. The Morgan fingerprint density at radius 3 is 2.88 bits per heavy atom. The maximum atomic E-state index is 9.68. The first kappa shape index (κ1) is 14.9. The Morgan fingerprint density at radius 2 is 2.17 bits per heavy atom. The molecule has 0 aromatic carbocycles. The van der Waals surface area contributed by atoms with Crippen LogP contribution in [0.2, 0.25) is 0 Å². The van der Waals surface area contributed by atoms with Gasteiger partial charge in [0.25, 0.3) is 0 Å². The molecule has 0 radical (unpaired) electrons. The number of likely N-dealkylation sites (N-methyl/N-ethyl adjacent to an activating group) is 2. The van der Waals surface area contributed by atoms with Crippen molar-refractivity contribution < 1.29 is 0 Å². The molecule has 2 saturated carbocycles. The van der Waals surface area contributed by atoms with Crippen LogP contribution in [0.1, 0.15) is 12.8 Å². The van der Waals surface area contributed by atoms with Crippen molar-refractivity contribution in [3.05, 3.63) is 12.2 Å². The minimum atomic E-state index is -0.198. The molecule has 3 heterocycles. The lowest BCUT2D eigenvalue weighted by Crippen LogP contribution is -2.59. The number of nitriles is 1. The van der Waals surface area contributed by atoms with Gasteiger partial charge < -0.3 is 15.1 Å². The highest BCUT2D eigenvalue weighted by Crippen LogP contribution is 2.64. The predicted molar refractivity (Wildman–Crippen MR) is 92.5 cm³/mol. The van der Waals surface area contributed by atoms with Crippen LogP contribution >= 0.6 is 0 Å². The van der Waals surface area contributed by atoms with Crippen LogP contribution in [0.5, 0.6) is 0 Å². The minimum absolute atomic E-state index is 0.0392. The summed E-state index contributed by atoms with van der Waals surface area (Å²) in [5, 5.41) is 13.0. The third-order valence-corrected chi connectivity index (χ3v) is 6.84. The lowest BCUT2D eigenvalue weighted by molar-refractivity contribution is 0.0186. The monoisotopic (exact) mass is 326 g/mol. The van der Waals surface area contributed by atoms with E-state index in [0.717, 1.165) is 39.1 Å². The van der Waals surface area contributed by atoms with Gasteiger partial charge in [-0.1, -0.05) is 12.2 Å². The van der Waals surface area contributed by atoms with Gasteiger partial charge in [-0.25, -0.2) is 0 Å². The summed E-state index contributed by atoms with van der Waals surface area (Å²) in [7, 11) is 4.18. The van der Waals surface area contributed by atoms with Crippen molar-refractivity contribution in [1.29, 1.82) is 5.26 Å². The SMILES string of the molecule is CNCC12N=C3CC=CC4CC4(N4CCN(C)CC4)N3C1C2C#N. The number of nitrogens with zero attached hydrogens (tertiary/aromatic N) is 5. The molecule has 1 N–H and O–H groups in total. The van der Waals surface area contributed by atoms with Gasteiger partial charge in [-0.15, -0.1) is 0 Å². The molecule has 24 heavy (non-hydrogen) atoms. The molecule has 2 aliphatic carbocycles. The van der Waals surface area contributed by atoms with Crippen LogP contribution in [-0.2, 0) is 0 Å². The van der Waals surface area contributed by atoms with E-state index < -0.39 is 0 Å². The van der Waals surface area contributed by atoms with Crippen LogP contribution in [0.15, 0.2) is 17.1 Å². The van der Waals surface area contributed by atoms with Gasteiger partial charge in [0.2, 0.25) is 0 Å². The van der Waals surface area contributed by atoms with Gasteiger partial charge in [-0.2, -0.15) is 5.26 Å². The summed E-state index contributed by atoms with van der Waals surface area (Å²) in [4.78, 5) is 12.8. The van der Waals surface area contributed by atoms with E-state index in [4.69, 9.17) is 4.99 Å². The normalized spacial score (nSPS) is 46.5. The number of aliphatic imine (C=N–C) groups is 1. The predicted octanol–water partition coefficient (Wildman–Crippen LogP) is 0.104. The van der Waals surface area contributed by atoms with Gasteiger partial charge in [0.1, 0.15) is 17.0 Å². The van der Waals surface area contributed by atoms with Gasteiger partial charge in [0, 0.05) is 45.1 Å². The van der Waals surface area contributed by atoms with Crippen molar-refractivity contribution in [2.45, 2.75) is 30.1 Å². The highest BCUT2D eigenvalue weighted by atomic mass is 15.5. The van der Waals surface area contributed by atoms with Crippen molar-refractivity contribution in [1.82, 2.24) is 20.0 Å². The summed E-state index contributed by atoms with van der Waals surface area (Å²) >= 11 is 0. The number of amidine groups is 1. The largest absolute Gasteiger partial charge is 0.334 e. The molecule has 5 atom stereocenters. The summed E-state index contributed by atoms with van der Waals surface area (Å²) in [5.41, 5.74) is -0.102. The molecule has 6 nitrogen and oxygen atoms in total. The third kappa shape index (κ3) is 1.68. The van der Waals surface area contributed by atoms with Crippen LogP contribution in [0.25, 0.3) is 0 Å². The average molecular weight is 326 g/mol. The molecular weight excluding hydrogens is 300 g/mol. The van der Waals surface area contributed by atoms with E-state index in [1.807, 2.05) is 7.05 Å². The first-order chi connectivity index (χ1) is 11.7. The van der Waals surface area contributed by atoms with E-state index in [1.165, 1.54) is 12.3 Å². The summed E-state index contributed by atoms with van der Waals surface area (Å²) < 4.78 is 0. The zero-order chi connectivity index (χ0) is 16.5. The first-order valence-electron chi connectivity index (χ1n) is 9.20. The molecular formula is C18H26N6. The van der Waals surface area contributed by atoms with Crippen molar-refractivity contribution >= 4 is 5.84 Å². The summed E-state index contributed by atoms with van der Waals surface area (Å²) in [6.45, 7) is 5.31. The zero-order valence-corrected chi connectivity index (χ0v) is 14.6. The molecule has 128 valence electrons. The van der Waals surface area contributed by atoms with Crippen LogP contribution in [-0.4, -0.2) is 84.6 Å². The Balaban J connectivity index is 1.51. The quantitative estimate of drug-likeness (QED) is 0.746. The molecule has 5 rings (SSSR count). The highest BCUT2D eigenvalue weighted by Gasteiger charge is 2.78. The van der Waals surface area contributed by atoms with Crippen molar-refractivity contribution in [3.63, 3.8) is 0 Å². The summed E-state index contributed by atoms with van der Waals surface area (Å²) in [5.74, 6) is 1.85. The van der Waals surface area contributed by atoms with Gasteiger partial charge in [-0.3, -0.25) is 9.89 Å². The van der Waals surface area contributed by atoms with E-state index in [2.05, 4.69) is 45.3 Å². The van der Waals surface area contributed by atoms with E-state index >= 15 is 0 Å². The maximum absolute atomic E-state index is 9.68. The maximum Gasteiger partial charge on any atom is 0.115 e. The van der Waals surface area contributed by atoms with Crippen LogP contribution < -0.4 is 5.32 Å². The van der Waals surface area contributed by atoms with Crippen LogP contribution in [0.3, 0.4) is 0 Å². The van der Waals surface area contributed by atoms with Crippen LogP contribution in [0.4, 0.5) is 0 Å². The number of fused-ring (bicyclic) bond motifs is 5. The summed E-state index contributed by atoms with van der Waals surface area (Å²) in [6, 6.07) is 2.82. The first-order valence-corrected chi connectivity index (χ1v) is 9.20. The number of rotatable bonds is 3. The topological polar surface area (TPSA) is 57.9 Å². The number of hydrogen-bond donors (Lipinski definition) is 1. The Hall–Kier alpha value is -1.42. The summed E-state index contributed by atoms with van der Waals surface area (Å²) in [6.07, 6.45) is 6.83. The Labute approximate surface area is 143 Å². The van der Waals surface area contributed by atoms with Crippen molar-refractivity contribution in [2.75, 3.05) is 46.8 Å². The Kier molecular flexibility index (Phi) is 2.98. The second-order valence-corrected chi connectivity index (χ2v) is 8.08. The van der Waals surface area contributed by atoms with Gasteiger partial charge in [0.05, 0.1) is 18.0 Å². The average Bonchev–Trinajstić information content (AvgIpc) is 3.41.